The zero-order valence-electron chi connectivity index (χ0n) is 18.6. The predicted molar refractivity (Wildman–Crippen MR) is 122 cm³/mol. The Labute approximate surface area is 189 Å². The quantitative estimate of drug-likeness (QED) is 0.558. The van der Waals surface area contributed by atoms with Gasteiger partial charge in [0.15, 0.2) is 6.61 Å². The second-order valence-electron chi connectivity index (χ2n) is 7.68. The zero-order valence-corrected chi connectivity index (χ0v) is 19.3. The van der Waals surface area contributed by atoms with Crippen LogP contribution in [0.15, 0.2) is 48.5 Å². The number of nitrogens with one attached hydrogen (secondary N) is 1. The molecule has 2 aromatic carbocycles. The summed E-state index contributed by atoms with van der Waals surface area (Å²) >= 11 is 5.90. The maximum atomic E-state index is 13.1. The molecule has 0 spiro atoms. The van der Waals surface area contributed by atoms with Crippen LogP contribution < -0.4 is 14.8 Å². The normalized spacial score (nSPS) is 11.7. The van der Waals surface area contributed by atoms with Crippen LogP contribution in [0.4, 0.5) is 0 Å². The van der Waals surface area contributed by atoms with Crippen molar-refractivity contribution < 1.29 is 19.1 Å². The Morgan fingerprint density at radius 2 is 1.65 bits per heavy atom. The number of rotatable bonds is 11. The van der Waals surface area contributed by atoms with E-state index in [4.69, 9.17) is 21.1 Å². The van der Waals surface area contributed by atoms with Gasteiger partial charge in [0.2, 0.25) is 5.91 Å². The molecule has 168 valence electrons. The first-order valence-electron chi connectivity index (χ1n) is 10.4. The highest BCUT2D eigenvalue weighted by Gasteiger charge is 2.29. The van der Waals surface area contributed by atoms with E-state index in [0.717, 1.165) is 11.3 Å². The van der Waals surface area contributed by atoms with E-state index in [2.05, 4.69) is 5.32 Å². The maximum absolute atomic E-state index is 13.1. The third kappa shape index (κ3) is 7.79. The molecule has 0 bridgehead atoms. The van der Waals surface area contributed by atoms with Crippen molar-refractivity contribution in [1.82, 2.24) is 10.2 Å². The van der Waals surface area contributed by atoms with Crippen LogP contribution in [0.3, 0.4) is 0 Å². The van der Waals surface area contributed by atoms with Crippen LogP contribution in [-0.2, 0) is 16.1 Å². The number of methoxy groups -OCH3 is 1. The summed E-state index contributed by atoms with van der Waals surface area (Å²) in [5.74, 6) is 1.16. The van der Waals surface area contributed by atoms with Crippen LogP contribution in [0.2, 0.25) is 5.02 Å². The first kappa shape index (κ1) is 24.5. The van der Waals surface area contributed by atoms with Crippen molar-refractivity contribution in [3.8, 4) is 11.5 Å². The van der Waals surface area contributed by atoms with Crippen molar-refractivity contribution in [3.63, 3.8) is 0 Å². The second kappa shape index (κ2) is 12.2. The van der Waals surface area contributed by atoms with Gasteiger partial charge in [-0.15, -0.1) is 0 Å². The lowest BCUT2D eigenvalue weighted by atomic mass is 10.1. The molecule has 0 aliphatic heterocycles. The molecule has 0 saturated carbocycles. The van der Waals surface area contributed by atoms with Gasteiger partial charge in [0.25, 0.3) is 5.91 Å². The number of halogens is 1. The van der Waals surface area contributed by atoms with E-state index in [0.29, 0.717) is 36.2 Å². The van der Waals surface area contributed by atoms with Gasteiger partial charge in [0.05, 0.1) is 7.11 Å². The minimum Gasteiger partial charge on any atom is -0.497 e. The molecule has 31 heavy (non-hydrogen) atoms. The first-order chi connectivity index (χ1) is 14.8. The molecule has 2 rings (SSSR count). The highest BCUT2D eigenvalue weighted by molar-refractivity contribution is 6.30. The third-order valence-electron chi connectivity index (χ3n) is 4.76. The lowest BCUT2D eigenvalue weighted by molar-refractivity contribution is -0.143. The van der Waals surface area contributed by atoms with Gasteiger partial charge in [-0.3, -0.25) is 9.59 Å². The van der Waals surface area contributed by atoms with Gasteiger partial charge in [0.1, 0.15) is 17.5 Å². The summed E-state index contributed by atoms with van der Waals surface area (Å²) in [5, 5.41) is 3.53. The van der Waals surface area contributed by atoms with Crippen molar-refractivity contribution in [3.05, 3.63) is 59.1 Å². The summed E-state index contributed by atoms with van der Waals surface area (Å²) in [6.07, 6.45) is 0.493. The minimum absolute atomic E-state index is 0.162. The summed E-state index contributed by atoms with van der Waals surface area (Å²) in [5.41, 5.74) is 0.899. The highest BCUT2D eigenvalue weighted by atomic mass is 35.5. The van der Waals surface area contributed by atoms with E-state index < -0.39 is 6.04 Å². The Kier molecular flexibility index (Phi) is 9.66. The van der Waals surface area contributed by atoms with Crippen LogP contribution in [0.25, 0.3) is 0 Å². The summed E-state index contributed by atoms with van der Waals surface area (Å²) < 4.78 is 10.9. The molecular formula is C24H31ClN2O4. The molecule has 0 fully saturated rings. The molecule has 0 heterocycles. The van der Waals surface area contributed by atoms with Gasteiger partial charge < -0.3 is 19.7 Å². The number of carbonyl (C=O) groups is 2. The molecule has 2 aromatic rings. The smallest absolute Gasteiger partial charge is 0.261 e. The topological polar surface area (TPSA) is 67.9 Å². The maximum Gasteiger partial charge on any atom is 0.261 e. The van der Waals surface area contributed by atoms with Crippen LogP contribution >= 0.6 is 11.6 Å². The summed E-state index contributed by atoms with van der Waals surface area (Å²) in [7, 11) is 1.60. The van der Waals surface area contributed by atoms with Gasteiger partial charge in [-0.05, 0) is 54.3 Å². The van der Waals surface area contributed by atoms with Gasteiger partial charge in [-0.1, -0.05) is 44.5 Å². The monoisotopic (exact) mass is 446 g/mol. The lowest BCUT2D eigenvalue weighted by Crippen LogP contribution is -2.50. The molecular weight excluding hydrogens is 416 g/mol. The van der Waals surface area contributed by atoms with E-state index in [-0.39, 0.29) is 18.4 Å². The molecule has 6 nitrogen and oxygen atoms in total. The fourth-order valence-corrected chi connectivity index (χ4v) is 3.15. The van der Waals surface area contributed by atoms with Gasteiger partial charge >= 0.3 is 0 Å². The van der Waals surface area contributed by atoms with Crippen molar-refractivity contribution in [2.24, 2.45) is 5.92 Å². The number of carbonyl (C=O) groups excluding carboxylic acids is 2. The highest BCUT2D eigenvalue weighted by Crippen LogP contribution is 2.18. The fourth-order valence-electron chi connectivity index (χ4n) is 3.03. The predicted octanol–water partition coefficient (Wildman–Crippen LogP) is 4.31. The Bertz CT molecular complexity index is 838. The van der Waals surface area contributed by atoms with Crippen LogP contribution in [0, 0.1) is 5.92 Å². The van der Waals surface area contributed by atoms with Crippen LogP contribution in [0.5, 0.6) is 11.5 Å². The Hall–Kier alpha value is -2.73. The molecule has 0 aromatic heterocycles. The first-order valence-corrected chi connectivity index (χ1v) is 10.8. The molecule has 0 radical (unpaired) electrons. The molecule has 0 aliphatic carbocycles. The molecule has 7 heteroatoms. The van der Waals surface area contributed by atoms with Crippen LogP contribution in [-0.4, -0.2) is 43.0 Å². The average molecular weight is 447 g/mol. The standard InChI is InChI=1S/C24H31ClN2O4/c1-5-22(24(29)26-14-17(2)3)27(15-18-6-10-20(30-4)11-7-18)23(28)16-31-21-12-8-19(25)9-13-21/h6-13,17,22H,5,14-16H2,1-4H3,(H,26,29). The SMILES string of the molecule is CCC(C(=O)NCC(C)C)N(Cc1ccc(OC)cc1)C(=O)COc1ccc(Cl)cc1. The number of ether oxygens (including phenoxy) is 2. The molecule has 1 N–H and O–H groups in total. The van der Waals surface area contributed by atoms with Crippen LogP contribution in [0.1, 0.15) is 32.8 Å². The Morgan fingerprint density at radius 3 is 2.19 bits per heavy atom. The van der Waals surface area contributed by atoms with E-state index in [1.165, 1.54) is 0 Å². The summed E-state index contributed by atoms with van der Waals surface area (Å²) in [6, 6.07) is 13.7. The summed E-state index contributed by atoms with van der Waals surface area (Å²) in [6.45, 7) is 6.63. The van der Waals surface area contributed by atoms with E-state index >= 15 is 0 Å². The molecule has 1 atom stereocenters. The van der Waals surface area contributed by atoms with Gasteiger partial charge in [-0.2, -0.15) is 0 Å². The summed E-state index contributed by atoms with van der Waals surface area (Å²) in [4.78, 5) is 27.5. The largest absolute Gasteiger partial charge is 0.497 e. The fraction of sp³-hybridized carbons (Fsp3) is 0.417. The number of nitrogens with zero attached hydrogens (tertiary/aromatic N) is 1. The van der Waals surface area contributed by atoms with Gasteiger partial charge in [-0.25, -0.2) is 0 Å². The third-order valence-corrected chi connectivity index (χ3v) is 5.01. The minimum atomic E-state index is -0.595. The van der Waals surface area contributed by atoms with E-state index in [1.807, 2.05) is 45.0 Å². The number of hydrogen-bond donors (Lipinski definition) is 1. The van der Waals surface area contributed by atoms with E-state index in [9.17, 15) is 9.59 Å². The molecule has 1 unspecified atom stereocenters. The average Bonchev–Trinajstić information content (AvgIpc) is 2.77. The molecule has 0 saturated heterocycles. The van der Waals surface area contributed by atoms with Crippen molar-refractivity contribution in [2.75, 3.05) is 20.3 Å². The lowest BCUT2D eigenvalue weighted by Gasteiger charge is -2.31. The molecule has 0 aliphatic rings. The number of amides is 2. The van der Waals surface area contributed by atoms with E-state index in [1.54, 1.807) is 36.3 Å². The zero-order chi connectivity index (χ0) is 22.8. The Morgan fingerprint density at radius 1 is 1.03 bits per heavy atom. The number of hydrogen-bond acceptors (Lipinski definition) is 4. The van der Waals surface area contributed by atoms with Crippen molar-refractivity contribution >= 4 is 23.4 Å². The van der Waals surface area contributed by atoms with Crippen molar-refractivity contribution in [1.29, 1.82) is 0 Å². The number of benzene rings is 2. The second-order valence-corrected chi connectivity index (χ2v) is 8.11. The molecule has 2 amide bonds. The van der Waals surface area contributed by atoms with Crippen molar-refractivity contribution in [2.45, 2.75) is 39.8 Å². The Balaban J connectivity index is 2.18. The van der Waals surface area contributed by atoms with Gasteiger partial charge in [0, 0.05) is 18.1 Å².